The molecule has 0 atom stereocenters. The van der Waals surface area contributed by atoms with Crippen LogP contribution in [-0.2, 0) is 19.5 Å². The molecular formula is C20H17FN4O3. The van der Waals surface area contributed by atoms with Gasteiger partial charge in [-0.05, 0) is 24.1 Å². The number of hydrogen-bond donors (Lipinski definition) is 0. The monoisotopic (exact) mass is 380 g/mol. The molecule has 1 aliphatic carbocycles. The van der Waals surface area contributed by atoms with Crippen LogP contribution in [0.4, 0.5) is 10.1 Å². The maximum atomic E-state index is 13.7. The Morgan fingerprint density at radius 3 is 2.64 bits per heavy atom. The minimum absolute atomic E-state index is 0.0653. The van der Waals surface area contributed by atoms with Crippen molar-refractivity contribution in [2.24, 2.45) is 0 Å². The largest absolute Gasteiger partial charge is 0.334 e. The summed E-state index contributed by atoms with van der Waals surface area (Å²) in [5.74, 6) is 0.332. The van der Waals surface area contributed by atoms with Crippen LogP contribution in [0, 0.1) is 10.1 Å². The molecule has 8 heteroatoms. The molecule has 1 aromatic carbocycles. The predicted octanol–water partition coefficient (Wildman–Crippen LogP) is 3.31. The lowest BCUT2D eigenvalue weighted by Crippen LogP contribution is -2.24. The third-order valence-corrected chi connectivity index (χ3v) is 4.77. The van der Waals surface area contributed by atoms with Gasteiger partial charge >= 0.3 is 11.2 Å². The molecule has 7 nitrogen and oxygen atoms in total. The Labute approximate surface area is 159 Å². The second-order valence-electron chi connectivity index (χ2n) is 6.61. The standard InChI is InChI=1S/C20H17FN4O3/c21-15-8-9-17-16(11-15)22-19(24(17)12-14-5-2-1-3-6-14)13-23-10-4-7-18(20(23)26)25(27)28/h1-7,10-11H,8-9,12-13H2. The Balaban J connectivity index is 1.78. The van der Waals surface area contributed by atoms with Gasteiger partial charge in [-0.25, -0.2) is 9.37 Å². The topological polar surface area (TPSA) is 83.0 Å². The summed E-state index contributed by atoms with van der Waals surface area (Å²) >= 11 is 0. The number of fused-ring (bicyclic) bond motifs is 1. The van der Waals surface area contributed by atoms with Gasteiger partial charge < -0.3 is 9.13 Å². The molecule has 28 heavy (non-hydrogen) atoms. The van der Waals surface area contributed by atoms with E-state index < -0.39 is 16.2 Å². The van der Waals surface area contributed by atoms with Crippen molar-refractivity contribution in [1.82, 2.24) is 14.1 Å². The van der Waals surface area contributed by atoms with Crippen molar-refractivity contribution >= 4 is 11.8 Å². The molecule has 0 unspecified atom stereocenters. The van der Waals surface area contributed by atoms with Crippen LogP contribution in [0.3, 0.4) is 0 Å². The van der Waals surface area contributed by atoms with Gasteiger partial charge in [-0.3, -0.25) is 14.9 Å². The molecule has 2 heterocycles. The molecule has 142 valence electrons. The number of nitrogens with zero attached hydrogens (tertiary/aromatic N) is 4. The van der Waals surface area contributed by atoms with E-state index in [0.29, 0.717) is 30.9 Å². The molecule has 0 spiro atoms. The fraction of sp³-hybridized carbons (Fsp3) is 0.200. The average Bonchev–Trinajstić information content (AvgIpc) is 3.00. The Morgan fingerprint density at radius 2 is 1.89 bits per heavy atom. The predicted molar refractivity (Wildman–Crippen MR) is 102 cm³/mol. The molecule has 0 N–H and O–H groups in total. The number of benzene rings is 1. The Morgan fingerprint density at radius 1 is 1.11 bits per heavy atom. The lowest BCUT2D eigenvalue weighted by molar-refractivity contribution is -0.386. The summed E-state index contributed by atoms with van der Waals surface area (Å²) in [6, 6.07) is 12.4. The molecule has 0 fully saturated rings. The normalized spacial score (nSPS) is 13.1. The van der Waals surface area contributed by atoms with E-state index in [4.69, 9.17) is 0 Å². The molecular weight excluding hydrogens is 363 g/mol. The van der Waals surface area contributed by atoms with Crippen LogP contribution in [-0.4, -0.2) is 19.0 Å². The lowest BCUT2D eigenvalue weighted by atomic mass is 10.1. The van der Waals surface area contributed by atoms with Crippen molar-refractivity contribution in [3.8, 4) is 0 Å². The van der Waals surface area contributed by atoms with Crippen molar-refractivity contribution < 1.29 is 9.31 Å². The number of pyridine rings is 1. The van der Waals surface area contributed by atoms with E-state index in [0.717, 1.165) is 11.3 Å². The van der Waals surface area contributed by atoms with Crippen LogP contribution >= 0.6 is 0 Å². The summed E-state index contributed by atoms with van der Waals surface area (Å²) in [5.41, 5.74) is 1.32. The van der Waals surface area contributed by atoms with Crippen molar-refractivity contribution in [3.05, 3.63) is 97.7 Å². The van der Waals surface area contributed by atoms with Crippen LogP contribution in [0.1, 0.15) is 29.2 Å². The van der Waals surface area contributed by atoms with Gasteiger partial charge in [0.2, 0.25) is 0 Å². The first-order chi connectivity index (χ1) is 13.5. The molecule has 4 rings (SSSR count). The molecule has 3 aromatic rings. The molecule has 0 aliphatic heterocycles. The average molecular weight is 380 g/mol. The Kier molecular flexibility index (Phi) is 4.60. The third kappa shape index (κ3) is 3.36. The lowest BCUT2D eigenvalue weighted by Gasteiger charge is -2.15. The van der Waals surface area contributed by atoms with Gasteiger partial charge in [-0.1, -0.05) is 30.3 Å². The number of allylic oxidation sites excluding steroid dienone is 1. The van der Waals surface area contributed by atoms with E-state index in [1.54, 1.807) is 0 Å². The van der Waals surface area contributed by atoms with Gasteiger partial charge in [0.15, 0.2) is 0 Å². The van der Waals surface area contributed by atoms with E-state index in [1.807, 2.05) is 34.9 Å². The summed E-state index contributed by atoms with van der Waals surface area (Å²) < 4.78 is 17.0. The van der Waals surface area contributed by atoms with Crippen molar-refractivity contribution in [1.29, 1.82) is 0 Å². The minimum atomic E-state index is -0.696. The maximum Gasteiger partial charge on any atom is 0.334 e. The van der Waals surface area contributed by atoms with Crippen molar-refractivity contribution in [3.63, 3.8) is 0 Å². The molecule has 2 aromatic heterocycles. The summed E-state index contributed by atoms with van der Waals surface area (Å²) in [6.07, 6.45) is 3.73. The van der Waals surface area contributed by atoms with E-state index in [-0.39, 0.29) is 12.4 Å². The van der Waals surface area contributed by atoms with Crippen LogP contribution in [0.5, 0.6) is 0 Å². The highest BCUT2D eigenvalue weighted by atomic mass is 19.1. The molecule has 0 amide bonds. The second kappa shape index (κ2) is 7.22. The maximum absolute atomic E-state index is 13.7. The highest BCUT2D eigenvalue weighted by Gasteiger charge is 2.22. The molecule has 0 saturated heterocycles. The zero-order chi connectivity index (χ0) is 19.7. The fourth-order valence-corrected chi connectivity index (χ4v) is 3.41. The first-order valence-electron chi connectivity index (χ1n) is 8.85. The molecule has 0 radical (unpaired) electrons. The first-order valence-corrected chi connectivity index (χ1v) is 8.85. The number of aromatic nitrogens is 3. The van der Waals surface area contributed by atoms with Crippen molar-refractivity contribution in [2.45, 2.75) is 25.9 Å². The van der Waals surface area contributed by atoms with Gasteiger partial charge in [0.25, 0.3) is 0 Å². The van der Waals surface area contributed by atoms with Gasteiger partial charge in [0.1, 0.15) is 11.7 Å². The summed E-state index contributed by atoms with van der Waals surface area (Å²) in [4.78, 5) is 27.3. The third-order valence-electron chi connectivity index (χ3n) is 4.77. The summed E-state index contributed by atoms with van der Waals surface area (Å²) in [6.45, 7) is 0.591. The second-order valence-corrected chi connectivity index (χ2v) is 6.61. The fourth-order valence-electron chi connectivity index (χ4n) is 3.41. The number of imidazole rings is 1. The SMILES string of the molecule is O=c1c([N+](=O)[O-])cccn1Cc1nc2c(n1Cc1ccccc1)CCC(F)=C2. The minimum Gasteiger partial charge on any atom is -0.325 e. The number of hydrogen-bond acceptors (Lipinski definition) is 4. The van der Waals surface area contributed by atoms with Crippen LogP contribution < -0.4 is 5.56 Å². The van der Waals surface area contributed by atoms with Crippen LogP contribution in [0.2, 0.25) is 0 Å². The highest BCUT2D eigenvalue weighted by Crippen LogP contribution is 2.26. The number of rotatable bonds is 5. The van der Waals surface area contributed by atoms with Crippen LogP contribution in [0.25, 0.3) is 6.08 Å². The molecule has 1 aliphatic rings. The smallest absolute Gasteiger partial charge is 0.325 e. The van der Waals surface area contributed by atoms with Gasteiger partial charge in [-0.2, -0.15) is 0 Å². The van der Waals surface area contributed by atoms with Gasteiger partial charge in [0.05, 0.1) is 17.2 Å². The van der Waals surface area contributed by atoms with E-state index in [1.165, 1.54) is 29.0 Å². The van der Waals surface area contributed by atoms with Crippen LogP contribution in [0.15, 0.2) is 59.3 Å². The first kappa shape index (κ1) is 17.8. The highest BCUT2D eigenvalue weighted by molar-refractivity contribution is 5.53. The van der Waals surface area contributed by atoms with Gasteiger partial charge in [0, 0.05) is 30.9 Å². The van der Waals surface area contributed by atoms with E-state index in [2.05, 4.69) is 4.98 Å². The number of nitro groups is 1. The summed E-state index contributed by atoms with van der Waals surface area (Å²) in [5, 5.41) is 11.1. The van der Waals surface area contributed by atoms with E-state index >= 15 is 0 Å². The Hall–Kier alpha value is -3.55. The van der Waals surface area contributed by atoms with E-state index in [9.17, 15) is 19.3 Å². The zero-order valence-electron chi connectivity index (χ0n) is 14.9. The molecule has 0 bridgehead atoms. The number of halogens is 1. The zero-order valence-corrected chi connectivity index (χ0v) is 14.9. The summed E-state index contributed by atoms with van der Waals surface area (Å²) in [7, 11) is 0. The van der Waals surface area contributed by atoms with Gasteiger partial charge in [-0.15, -0.1) is 0 Å². The quantitative estimate of drug-likeness (QED) is 0.502. The Bertz CT molecular complexity index is 1130. The molecule has 0 saturated carbocycles. The van der Waals surface area contributed by atoms with Crippen molar-refractivity contribution in [2.75, 3.05) is 0 Å².